The molecule has 1 atom stereocenters. The van der Waals surface area contributed by atoms with Crippen LogP contribution in [0.3, 0.4) is 0 Å². The maximum Gasteiger partial charge on any atom is 0.335 e. The number of halogens is 1. The molecule has 6 nitrogen and oxygen atoms in total. The number of hydrogen-bond donors (Lipinski definition) is 1. The van der Waals surface area contributed by atoms with E-state index >= 15 is 0 Å². The van der Waals surface area contributed by atoms with Crippen molar-refractivity contribution in [3.05, 3.63) is 112 Å². The number of benzene rings is 2. The van der Waals surface area contributed by atoms with Gasteiger partial charge in [-0.1, -0.05) is 41.9 Å². The Labute approximate surface area is 206 Å². The molecule has 1 N–H and O–H groups in total. The van der Waals surface area contributed by atoms with Gasteiger partial charge in [-0.2, -0.15) is 0 Å². The summed E-state index contributed by atoms with van der Waals surface area (Å²) in [6.45, 7) is 2.09. The van der Waals surface area contributed by atoms with Crippen LogP contribution in [0.1, 0.15) is 29.0 Å². The van der Waals surface area contributed by atoms with Crippen LogP contribution in [-0.2, 0) is 7.05 Å². The number of pyridine rings is 2. The molecule has 2 aromatic carbocycles. The summed E-state index contributed by atoms with van der Waals surface area (Å²) in [6, 6.07) is 20.5. The summed E-state index contributed by atoms with van der Waals surface area (Å²) in [5, 5.41) is 10.5. The number of carboxylic acid groups (broad SMARTS) is 1. The molecule has 0 saturated heterocycles. The molecule has 0 bridgehead atoms. The second-order valence-electron chi connectivity index (χ2n) is 8.49. The molecule has 5 aromatic rings. The van der Waals surface area contributed by atoms with Crippen LogP contribution in [0.4, 0.5) is 0 Å². The standard InChI is InChI=1S/C28H22ClN3O3/c1-17(25-5-3-4-12-30-25)32-16-23(18-6-8-19(9-7-18)28(34)35)22-11-10-20(14-26(22)32)21-13-24(29)27(33)31(2)15-21/h3-17H,1-2H3,(H,34,35). The topological polar surface area (TPSA) is 77.1 Å². The number of carboxylic acids is 1. The average molecular weight is 484 g/mol. The minimum Gasteiger partial charge on any atom is -0.478 e. The Hall–Kier alpha value is -4.16. The van der Waals surface area contributed by atoms with Gasteiger partial charge in [0.2, 0.25) is 0 Å². The molecule has 35 heavy (non-hydrogen) atoms. The van der Waals surface area contributed by atoms with E-state index in [1.165, 1.54) is 4.57 Å². The van der Waals surface area contributed by atoms with Crippen molar-refractivity contribution in [3.8, 4) is 22.3 Å². The van der Waals surface area contributed by atoms with Crippen LogP contribution in [0, 0.1) is 0 Å². The van der Waals surface area contributed by atoms with E-state index in [9.17, 15) is 14.7 Å². The SMILES string of the molecule is CC(c1ccccn1)n1cc(-c2ccc(C(=O)O)cc2)c2ccc(-c3cc(Cl)c(=O)n(C)c3)cc21. The second kappa shape index (κ2) is 8.89. The summed E-state index contributed by atoms with van der Waals surface area (Å²) in [6.07, 6.45) is 5.63. The van der Waals surface area contributed by atoms with Gasteiger partial charge in [0.15, 0.2) is 0 Å². The number of hydrogen-bond acceptors (Lipinski definition) is 3. The van der Waals surface area contributed by atoms with Crippen molar-refractivity contribution in [2.75, 3.05) is 0 Å². The molecule has 3 heterocycles. The number of nitrogens with zero attached hydrogens (tertiary/aromatic N) is 3. The van der Waals surface area contributed by atoms with Crippen LogP contribution in [0.15, 0.2) is 90.1 Å². The molecular formula is C28H22ClN3O3. The first-order valence-corrected chi connectivity index (χ1v) is 11.5. The van der Waals surface area contributed by atoms with Gasteiger partial charge in [0.25, 0.3) is 5.56 Å². The molecule has 0 fully saturated rings. The molecule has 0 amide bonds. The van der Waals surface area contributed by atoms with E-state index in [1.54, 1.807) is 37.6 Å². The highest BCUT2D eigenvalue weighted by Crippen LogP contribution is 2.36. The predicted molar refractivity (Wildman–Crippen MR) is 138 cm³/mol. The Morgan fingerprint density at radius 2 is 1.71 bits per heavy atom. The first-order valence-electron chi connectivity index (χ1n) is 11.1. The highest BCUT2D eigenvalue weighted by Gasteiger charge is 2.18. The summed E-state index contributed by atoms with van der Waals surface area (Å²) >= 11 is 6.18. The molecule has 174 valence electrons. The van der Waals surface area contributed by atoms with Gasteiger partial charge in [0, 0.05) is 42.1 Å². The summed E-state index contributed by atoms with van der Waals surface area (Å²) < 4.78 is 3.65. The van der Waals surface area contributed by atoms with E-state index in [0.29, 0.717) is 0 Å². The zero-order valence-corrected chi connectivity index (χ0v) is 19.9. The Morgan fingerprint density at radius 1 is 0.971 bits per heavy atom. The summed E-state index contributed by atoms with van der Waals surface area (Å²) in [5.41, 5.74) is 5.59. The lowest BCUT2D eigenvalue weighted by molar-refractivity contribution is 0.0697. The lowest BCUT2D eigenvalue weighted by Gasteiger charge is -2.15. The van der Waals surface area contributed by atoms with Gasteiger partial charge in [0.05, 0.1) is 17.3 Å². The first kappa shape index (κ1) is 22.6. The van der Waals surface area contributed by atoms with Gasteiger partial charge in [0.1, 0.15) is 5.02 Å². The zero-order valence-electron chi connectivity index (χ0n) is 19.1. The van der Waals surface area contributed by atoms with Crippen molar-refractivity contribution in [1.29, 1.82) is 0 Å². The molecule has 0 aliphatic rings. The van der Waals surface area contributed by atoms with E-state index in [4.69, 9.17) is 11.6 Å². The fourth-order valence-electron chi connectivity index (χ4n) is 4.37. The van der Waals surface area contributed by atoms with Crippen molar-refractivity contribution in [1.82, 2.24) is 14.1 Å². The van der Waals surface area contributed by atoms with Crippen LogP contribution >= 0.6 is 11.6 Å². The predicted octanol–water partition coefficient (Wildman–Crippen LogP) is 6.03. The Morgan fingerprint density at radius 3 is 2.37 bits per heavy atom. The summed E-state index contributed by atoms with van der Waals surface area (Å²) in [4.78, 5) is 27.9. The molecule has 1 unspecified atom stereocenters. The number of aromatic nitrogens is 3. The monoisotopic (exact) mass is 483 g/mol. The fraction of sp³-hybridized carbons (Fsp3) is 0.107. The molecule has 0 aliphatic carbocycles. The summed E-state index contributed by atoms with van der Waals surface area (Å²) in [7, 11) is 1.68. The van der Waals surface area contributed by atoms with Gasteiger partial charge in [-0.05, 0) is 60.0 Å². The minimum atomic E-state index is -0.955. The normalized spacial score (nSPS) is 12.1. The van der Waals surface area contributed by atoms with Crippen LogP contribution in [-0.4, -0.2) is 25.2 Å². The minimum absolute atomic E-state index is 0.0512. The van der Waals surface area contributed by atoms with Crippen molar-refractivity contribution < 1.29 is 9.90 Å². The summed E-state index contributed by atoms with van der Waals surface area (Å²) in [5.74, 6) is -0.955. The number of carbonyl (C=O) groups is 1. The molecule has 5 rings (SSSR count). The average Bonchev–Trinajstić information content (AvgIpc) is 3.26. The van der Waals surface area contributed by atoms with Crippen LogP contribution in [0.25, 0.3) is 33.2 Å². The third-order valence-electron chi connectivity index (χ3n) is 6.28. The lowest BCUT2D eigenvalue weighted by atomic mass is 10.0. The van der Waals surface area contributed by atoms with Crippen molar-refractivity contribution in [3.63, 3.8) is 0 Å². The zero-order chi connectivity index (χ0) is 24.7. The van der Waals surface area contributed by atoms with Crippen molar-refractivity contribution >= 4 is 28.5 Å². The number of rotatable bonds is 5. The Bertz CT molecular complexity index is 1590. The van der Waals surface area contributed by atoms with Gasteiger partial charge in [-0.3, -0.25) is 9.78 Å². The quantitative estimate of drug-likeness (QED) is 0.331. The molecule has 7 heteroatoms. The van der Waals surface area contributed by atoms with Crippen molar-refractivity contribution in [2.24, 2.45) is 7.05 Å². The van der Waals surface area contributed by atoms with E-state index in [2.05, 4.69) is 28.7 Å². The molecule has 0 spiro atoms. The maximum atomic E-state index is 12.1. The third kappa shape index (κ3) is 4.13. The smallest absolute Gasteiger partial charge is 0.335 e. The first-order chi connectivity index (χ1) is 16.8. The third-order valence-corrected chi connectivity index (χ3v) is 6.55. The van der Waals surface area contributed by atoms with Crippen LogP contribution in [0.5, 0.6) is 0 Å². The molecule has 0 saturated carbocycles. The van der Waals surface area contributed by atoms with E-state index < -0.39 is 5.97 Å². The van der Waals surface area contributed by atoms with E-state index in [-0.39, 0.29) is 22.2 Å². The highest BCUT2D eigenvalue weighted by atomic mass is 35.5. The van der Waals surface area contributed by atoms with Gasteiger partial charge in [-0.15, -0.1) is 0 Å². The molecule has 0 radical (unpaired) electrons. The van der Waals surface area contributed by atoms with Gasteiger partial charge < -0.3 is 14.2 Å². The van der Waals surface area contributed by atoms with Crippen molar-refractivity contribution in [2.45, 2.75) is 13.0 Å². The number of aromatic carboxylic acids is 1. The number of fused-ring (bicyclic) bond motifs is 1. The van der Waals surface area contributed by atoms with E-state index in [1.807, 2.05) is 42.5 Å². The molecule has 3 aromatic heterocycles. The van der Waals surface area contributed by atoms with Gasteiger partial charge >= 0.3 is 5.97 Å². The van der Waals surface area contributed by atoms with Crippen LogP contribution in [0.2, 0.25) is 5.02 Å². The Balaban J connectivity index is 1.72. The highest BCUT2D eigenvalue weighted by molar-refractivity contribution is 6.30. The van der Waals surface area contributed by atoms with Gasteiger partial charge in [-0.25, -0.2) is 4.79 Å². The second-order valence-corrected chi connectivity index (χ2v) is 8.90. The molecular weight excluding hydrogens is 462 g/mol. The maximum absolute atomic E-state index is 12.1. The van der Waals surface area contributed by atoms with Crippen LogP contribution < -0.4 is 5.56 Å². The number of aryl methyl sites for hydroxylation is 1. The van der Waals surface area contributed by atoms with E-state index in [0.717, 1.165) is 38.9 Å². The lowest BCUT2D eigenvalue weighted by Crippen LogP contribution is -2.16. The molecule has 0 aliphatic heterocycles. The Kier molecular flexibility index (Phi) is 5.75. The largest absolute Gasteiger partial charge is 0.478 e. The fourth-order valence-corrected chi connectivity index (χ4v) is 4.62.